The van der Waals surface area contributed by atoms with Gasteiger partial charge in [0.25, 0.3) is 0 Å². The Hall–Kier alpha value is -1.41. The van der Waals surface area contributed by atoms with Gasteiger partial charge in [-0.25, -0.2) is 4.79 Å². The molecule has 1 saturated heterocycles. The van der Waals surface area contributed by atoms with Crippen molar-refractivity contribution in [2.45, 2.75) is 64.2 Å². The van der Waals surface area contributed by atoms with E-state index in [4.69, 9.17) is 9.47 Å². The van der Waals surface area contributed by atoms with Gasteiger partial charge >= 0.3 is 6.03 Å². The number of hydrogen-bond acceptors (Lipinski definition) is 5. The average molecular weight is 339 g/mol. The normalized spacial score (nSPS) is 31.0. The van der Waals surface area contributed by atoms with E-state index in [0.29, 0.717) is 17.9 Å². The third kappa shape index (κ3) is 4.16. The first-order chi connectivity index (χ1) is 11.2. The highest BCUT2D eigenvalue weighted by Gasteiger charge is 2.46. The number of aliphatic hydroxyl groups is 1. The number of carbonyl (C=O) groups is 1. The van der Waals surface area contributed by atoms with Gasteiger partial charge in [0.1, 0.15) is 12.2 Å². The highest BCUT2D eigenvalue weighted by atomic mass is 16.6. The highest BCUT2D eigenvalue weighted by molar-refractivity contribution is 5.80. The SMILES string of the molecule is C=C1NC(=O)N(C)C=C1[C@@H]1O[C@H](COC(C)C)C(NC(C)C)[C@@H]1O. The number of nitrogens with zero attached hydrogens (tertiary/aromatic N) is 1. The van der Waals surface area contributed by atoms with Crippen LogP contribution in [0.2, 0.25) is 0 Å². The summed E-state index contributed by atoms with van der Waals surface area (Å²) < 4.78 is 11.8. The first kappa shape index (κ1) is 18.9. The molecule has 0 bridgehead atoms. The first-order valence-electron chi connectivity index (χ1n) is 8.36. The van der Waals surface area contributed by atoms with Crippen molar-refractivity contribution in [2.75, 3.05) is 13.7 Å². The molecule has 0 aromatic carbocycles. The molecule has 0 aromatic rings. The fourth-order valence-corrected chi connectivity index (χ4v) is 2.92. The van der Waals surface area contributed by atoms with E-state index < -0.39 is 12.2 Å². The van der Waals surface area contributed by atoms with Gasteiger partial charge in [0.2, 0.25) is 0 Å². The summed E-state index contributed by atoms with van der Waals surface area (Å²) >= 11 is 0. The molecule has 2 rings (SSSR count). The lowest BCUT2D eigenvalue weighted by Gasteiger charge is -2.28. The van der Waals surface area contributed by atoms with Crippen LogP contribution in [0, 0.1) is 0 Å². The van der Waals surface area contributed by atoms with Gasteiger partial charge in [-0.3, -0.25) is 0 Å². The number of aliphatic hydroxyl groups excluding tert-OH is 1. The van der Waals surface area contributed by atoms with Crippen molar-refractivity contribution in [1.29, 1.82) is 0 Å². The Labute approximate surface area is 143 Å². The van der Waals surface area contributed by atoms with E-state index in [1.165, 1.54) is 4.90 Å². The van der Waals surface area contributed by atoms with Crippen molar-refractivity contribution < 1.29 is 19.4 Å². The summed E-state index contributed by atoms with van der Waals surface area (Å²) in [5.74, 6) is 0. The van der Waals surface area contributed by atoms with E-state index >= 15 is 0 Å². The molecule has 0 spiro atoms. The zero-order valence-corrected chi connectivity index (χ0v) is 15.1. The Kier molecular flexibility index (Phi) is 6.03. The van der Waals surface area contributed by atoms with Crippen LogP contribution in [0.3, 0.4) is 0 Å². The fourth-order valence-electron chi connectivity index (χ4n) is 2.92. The van der Waals surface area contributed by atoms with Crippen LogP contribution < -0.4 is 10.6 Å². The third-order valence-corrected chi connectivity index (χ3v) is 4.09. The molecule has 7 nitrogen and oxygen atoms in total. The summed E-state index contributed by atoms with van der Waals surface area (Å²) in [6.45, 7) is 12.2. The minimum atomic E-state index is -0.764. The van der Waals surface area contributed by atoms with E-state index in [0.717, 1.165) is 0 Å². The maximum Gasteiger partial charge on any atom is 0.325 e. The van der Waals surface area contributed by atoms with Gasteiger partial charge in [-0.1, -0.05) is 20.4 Å². The average Bonchev–Trinajstić information content (AvgIpc) is 2.77. The Balaban J connectivity index is 2.20. The predicted octanol–water partition coefficient (Wildman–Crippen LogP) is 0.959. The van der Waals surface area contributed by atoms with Crippen molar-refractivity contribution in [1.82, 2.24) is 15.5 Å². The fraction of sp³-hybridized carbons (Fsp3) is 0.706. The van der Waals surface area contributed by atoms with Crippen LogP contribution in [0.15, 0.2) is 24.0 Å². The van der Waals surface area contributed by atoms with Crippen LogP contribution >= 0.6 is 0 Å². The monoisotopic (exact) mass is 339 g/mol. The van der Waals surface area contributed by atoms with E-state index in [1.54, 1.807) is 13.2 Å². The second kappa shape index (κ2) is 7.65. The predicted molar refractivity (Wildman–Crippen MR) is 91.3 cm³/mol. The first-order valence-corrected chi connectivity index (χ1v) is 8.36. The number of carbonyl (C=O) groups excluding carboxylic acids is 1. The molecule has 3 N–H and O–H groups in total. The number of rotatable bonds is 6. The number of hydrogen-bond donors (Lipinski definition) is 3. The largest absolute Gasteiger partial charge is 0.388 e. The van der Waals surface area contributed by atoms with E-state index in [1.807, 2.05) is 27.7 Å². The van der Waals surface area contributed by atoms with Gasteiger partial charge in [-0.15, -0.1) is 0 Å². The molecule has 0 aliphatic carbocycles. The molecule has 24 heavy (non-hydrogen) atoms. The maximum absolute atomic E-state index is 11.7. The summed E-state index contributed by atoms with van der Waals surface area (Å²) in [6.07, 6.45) is 0.120. The van der Waals surface area contributed by atoms with Crippen LogP contribution in [0.4, 0.5) is 4.79 Å². The summed E-state index contributed by atoms with van der Waals surface area (Å²) in [4.78, 5) is 13.1. The lowest BCUT2D eigenvalue weighted by atomic mass is 9.97. The van der Waals surface area contributed by atoms with Crippen LogP contribution in [-0.4, -0.2) is 66.2 Å². The van der Waals surface area contributed by atoms with Gasteiger partial charge in [-0.2, -0.15) is 0 Å². The Bertz CT molecular complexity index is 518. The van der Waals surface area contributed by atoms with Gasteiger partial charge in [-0.05, 0) is 13.8 Å². The molecule has 2 aliphatic heterocycles. The standard InChI is InChI=1S/C17H29N3O4/c1-9(2)18-14-13(8-23-10(3)4)24-16(15(14)21)12-7-20(6)17(22)19-11(12)5/h7,9-10,13-16,18,21H,5,8H2,1-4,6H3,(H,19,22)/t13-,14?,15+,16+/m1/s1. The maximum atomic E-state index is 11.7. The highest BCUT2D eigenvalue weighted by Crippen LogP contribution is 2.31. The zero-order valence-electron chi connectivity index (χ0n) is 15.1. The Morgan fingerprint density at radius 3 is 2.71 bits per heavy atom. The number of amides is 2. The summed E-state index contributed by atoms with van der Waals surface area (Å²) in [7, 11) is 1.65. The van der Waals surface area contributed by atoms with Crippen molar-refractivity contribution in [3.63, 3.8) is 0 Å². The molecular formula is C17H29N3O4. The van der Waals surface area contributed by atoms with Crippen molar-refractivity contribution in [2.24, 2.45) is 0 Å². The molecule has 4 atom stereocenters. The van der Waals surface area contributed by atoms with Crippen LogP contribution in [-0.2, 0) is 9.47 Å². The molecule has 1 fully saturated rings. The van der Waals surface area contributed by atoms with E-state index in [2.05, 4.69) is 17.2 Å². The van der Waals surface area contributed by atoms with Crippen molar-refractivity contribution in [3.05, 3.63) is 24.0 Å². The quantitative estimate of drug-likeness (QED) is 0.671. The minimum Gasteiger partial charge on any atom is -0.388 e. The Morgan fingerprint density at radius 1 is 1.46 bits per heavy atom. The van der Waals surface area contributed by atoms with Gasteiger partial charge < -0.3 is 30.1 Å². The molecule has 1 unspecified atom stereocenters. The Morgan fingerprint density at radius 2 is 2.12 bits per heavy atom. The third-order valence-electron chi connectivity index (χ3n) is 4.09. The number of ether oxygens (including phenoxy) is 2. The number of nitrogens with one attached hydrogen (secondary N) is 2. The number of urea groups is 1. The topological polar surface area (TPSA) is 83.1 Å². The zero-order chi connectivity index (χ0) is 18.0. The molecule has 2 heterocycles. The molecule has 0 aromatic heterocycles. The van der Waals surface area contributed by atoms with Gasteiger partial charge in [0.15, 0.2) is 0 Å². The van der Waals surface area contributed by atoms with Crippen molar-refractivity contribution >= 4 is 6.03 Å². The second-order valence-corrected chi connectivity index (χ2v) is 6.92. The van der Waals surface area contributed by atoms with E-state index in [9.17, 15) is 9.90 Å². The van der Waals surface area contributed by atoms with Crippen LogP contribution in [0.25, 0.3) is 0 Å². The lowest BCUT2D eigenvalue weighted by molar-refractivity contribution is -0.0335. The molecule has 0 radical (unpaired) electrons. The van der Waals surface area contributed by atoms with Crippen molar-refractivity contribution in [3.8, 4) is 0 Å². The minimum absolute atomic E-state index is 0.0822. The van der Waals surface area contributed by atoms with Crippen LogP contribution in [0.1, 0.15) is 27.7 Å². The van der Waals surface area contributed by atoms with E-state index in [-0.39, 0.29) is 30.3 Å². The van der Waals surface area contributed by atoms with Crippen LogP contribution in [0.5, 0.6) is 0 Å². The van der Waals surface area contributed by atoms with Gasteiger partial charge in [0.05, 0.1) is 24.9 Å². The second-order valence-electron chi connectivity index (χ2n) is 6.92. The summed E-state index contributed by atoms with van der Waals surface area (Å²) in [5, 5.41) is 16.8. The summed E-state index contributed by atoms with van der Waals surface area (Å²) in [6, 6.07) is -0.322. The summed E-state index contributed by atoms with van der Waals surface area (Å²) in [5.41, 5.74) is 1.13. The smallest absolute Gasteiger partial charge is 0.325 e. The molecule has 2 aliphatic rings. The molecule has 136 valence electrons. The molecule has 0 saturated carbocycles. The lowest BCUT2D eigenvalue weighted by Crippen LogP contribution is -2.50. The molecular weight excluding hydrogens is 310 g/mol. The molecule has 7 heteroatoms. The molecule has 2 amide bonds. The van der Waals surface area contributed by atoms with Gasteiger partial charge in [0, 0.05) is 30.6 Å².